The smallest absolute Gasteiger partial charge is 0.320 e. The highest BCUT2D eigenvalue weighted by Gasteiger charge is 2.55. The van der Waals surface area contributed by atoms with Crippen LogP contribution in [0.15, 0.2) is 84.0 Å². The number of hydrogen-bond donors (Lipinski definition) is 1. The molecular formula is C33H42N4O4. The number of piperidine rings is 1. The first-order chi connectivity index (χ1) is 19.9. The molecule has 3 aliphatic rings. The summed E-state index contributed by atoms with van der Waals surface area (Å²) < 4.78 is 7.27. The molecule has 1 aromatic carbocycles. The Hall–Kier alpha value is -3.49. The Morgan fingerprint density at radius 2 is 1.93 bits per heavy atom. The summed E-state index contributed by atoms with van der Waals surface area (Å²) >= 11 is 0. The van der Waals surface area contributed by atoms with E-state index in [1.807, 2.05) is 71.4 Å². The van der Waals surface area contributed by atoms with Gasteiger partial charge in [-0.1, -0.05) is 80.5 Å². The van der Waals surface area contributed by atoms with E-state index < -0.39 is 11.0 Å². The van der Waals surface area contributed by atoms with Gasteiger partial charge in [0, 0.05) is 36.7 Å². The van der Waals surface area contributed by atoms with E-state index in [1.54, 1.807) is 17.0 Å². The number of hydrogen-bond acceptors (Lipinski definition) is 5. The minimum atomic E-state index is -1.12. The van der Waals surface area contributed by atoms with E-state index >= 15 is 0 Å². The highest BCUT2D eigenvalue weighted by Crippen LogP contribution is 2.50. The molecule has 2 amide bonds. The van der Waals surface area contributed by atoms with Gasteiger partial charge in [0.1, 0.15) is 0 Å². The molecular weight excluding hydrogens is 516 g/mol. The summed E-state index contributed by atoms with van der Waals surface area (Å²) in [5.74, 6) is 0. The van der Waals surface area contributed by atoms with Crippen LogP contribution in [0.1, 0.15) is 45.4 Å². The van der Waals surface area contributed by atoms with Gasteiger partial charge in [0.25, 0.3) is 5.56 Å². The molecule has 1 unspecified atom stereocenters. The Balaban J connectivity index is 1.36. The second-order valence-electron chi connectivity index (χ2n) is 11.7. The maximum atomic E-state index is 14.0. The van der Waals surface area contributed by atoms with E-state index in [0.29, 0.717) is 45.0 Å². The highest BCUT2D eigenvalue weighted by molar-refractivity contribution is 5.76. The molecule has 3 heterocycles. The fraction of sp³-hybridized carbons (Fsp3) is 0.485. The number of likely N-dealkylation sites (tertiary alicyclic amines) is 1. The number of aliphatic hydroxyl groups is 1. The normalized spacial score (nSPS) is 24.8. The van der Waals surface area contributed by atoms with Gasteiger partial charge in [-0.05, 0) is 31.8 Å². The summed E-state index contributed by atoms with van der Waals surface area (Å²) in [5, 5.41) is 12.3. The largest absolute Gasteiger partial charge is 0.387 e. The number of nitrogens with zero attached hydrogens (tertiary/aromatic N) is 4. The zero-order valence-corrected chi connectivity index (χ0v) is 24.1. The summed E-state index contributed by atoms with van der Waals surface area (Å²) in [7, 11) is 0. The summed E-state index contributed by atoms with van der Waals surface area (Å²) in [6.45, 7) is 8.66. The lowest BCUT2D eigenvalue weighted by atomic mass is 9.60. The van der Waals surface area contributed by atoms with Crippen molar-refractivity contribution in [3.63, 3.8) is 0 Å². The summed E-state index contributed by atoms with van der Waals surface area (Å²) in [6.07, 6.45) is 14.5. The molecule has 3 fully saturated rings. The van der Waals surface area contributed by atoms with Crippen molar-refractivity contribution in [3.05, 3.63) is 89.5 Å². The lowest BCUT2D eigenvalue weighted by molar-refractivity contribution is -0.154. The fourth-order valence-electron chi connectivity index (χ4n) is 6.75. The number of morpholine rings is 1. The standard InChI is InChI=1S/C33H42N4O4/c1-3-4-7-12-26(2)29-22-41-20-19-37(29)31(39)35-18-17-33(40,32(23-35)15-10-6-11-16-32)24-36-25-34-28(21-30(36)38)27-13-8-5-9-14-27/h3-5,7-9,12-14,21,25,29,40H,2,6,10-11,15-20,22-24H2,1H3/b4-3-,12-7-/t29-,33?/m0/s1. The van der Waals surface area contributed by atoms with Gasteiger partial charge in [0.05, 0.1) is 43.4 Å². The van der Waals surface area contributed by atoms with E-state index in [4.69, 9.17) is 4.74 Å². The lowest BCUT2D eigenvalue weighted by Crippen LogP contribution is -2.65. The molecule has 2 aromatic rings. The monoisotopic (exact) mass is 558 g/mol. The van der Waals surface area contributed by atoms with Gasteiger partial charge >= 0.3 is 6.03 Å². The summed E-state index contributed by atoms with van der Waals surface area (Å²) in [4.78, 5) is 35.5. The van der Waals surface area contributed by atoms with Crippen molar-refractivity contribution in [2.45, 2.75) is 63.6 Å². The molecule has 0 bridgehead atoms. The average molecular weight is 559 g/mol. The quantitative estimate of drug-likeness (QED) is 0.515. The third-order valence-corrected chi connectivity index (χ3v) is 9.15. The SMILES string of the molecule is C=C(/C=C\C=C/C)[C@@H]1COCCN1C(=O)N1CCC(O)(Cn2cnc(-c3ccccc3)cc2=O)C2(CCCCC2)C1. The molecule has 218 valence electrons. The molecule has 8 heteroatoms. The number of aromatic nitrogens is 2. The van der Waals surface area contributed by atoms with E-state index in [2.05, 4.69) is 11.6 Å². The summed E-state index contributed by atoms with van der Waals surface area (Å²) in [6, 6.07) is 10.9. The average Bonchev–Trinajstić information content (AvgIpc) is 3.00. The second-order valence-corrected chi connectivity index (χ2v) is 11.7. The predicted octanol–water partition coefficient (Wildman–Crippen LogP) is 4.81. The first-order valence-electron chi connectivity index (χ1n) is 14.8. The molecule has 2 atom stereocenters. The molecule has 1 aliphatic carbocycles. The van der Waals surface area contributed by atoms with Crippen LogP contribution in [-0.4, -0.2) is 75.0 Å². The maximum Gasteiger partial charge on any atom is 0.320 e. The van der Waals surface area contributed by atoms with Crippen molar-refractivity contribution in [1.29, 1.82) is 0 Å². The zero-order valence-electron chi connectivity index (χ0n) is 24.1. The van der Waals surface area contributed by atoms with Gasteiger partial charge < -0.3 is 19.6 Å². The number of rotatable bonds is 6. The Kier molecular flexibility index (Phi) is 8.90. The predicted molar refractivity (Wildman–Crippen MR) is 160 cm³/mol. The molecule has 5 rings (SSSR count). The molecule has 2 saturated heterocycles. The highest BCUT2D eigenvalue weighted by atomic mass is 16.5. The molecule has 1 N–H and O–H groups in total. The number of amides is 2. The number of carbonyl (C=O) groups is 1. The first kappa shape index (κ1) is 29.0. The van der Waals surface area contributed by atoms with Crippen molar-refractivity contribution in [1.82, 2.24) is 19.4 Å². The van der Waals surface area contributed by atoms with E-state index in [9.17, 15) is 14.7 Å². The Bertz CT molecular complexity index is 1340. The van der Waals surface area contributed by atoms with Gasteiger partial charge in [-0.3, -0.25) is 9.36 Å². The maximum absolute atomic E-state index is 14.0. The van der Waals surface area contributed by atoms with Gasteiger partial charge in [-0.2, -0.15) is 0 Å². The van der Waals surface area contributed by atoms with E-state index in [-0.39, 0.29) is 24.2 Å². The number of allylic oxidation sites excluding steroid dienone is 3. The van der Waals surface area contributed by atoms with Crippen molar-refractivity contribution < 1.29 is 14.6 Å². The molecule has 1 spiro atoms. The fourth-order valence-corrected chi connectivity index (χ4v) is 6.75. The van der Waals surface area contributed by atoms with Crippen molar-refractivity contribution in [2.75, 3.05) is 32.8 Å². The topological polar surface area (TPSA) is 87.9 Å². The minimum absolute atomic E-state index is 0.0306. The van der Waals surface area contributed by atoms with Crippen molar-refractivity contribution in [3.8, 4) is 11.3 Å². The minimum Gasteiger partial charge on any atom is -0.387 e. The molecule has 8 nitrogen and oxygen atoms in total. The second kappa shape index (κ2) is 12.6. The molecule has 1 aromatic heterocycles. The zero-order chi connectivity index (χ0) is 28.9. The van der Waals surface area contributed by atoms with Crippen LogP contribution < -0.4 is 5.56 Å². The molecule has 1 saturated carbocycles. The van der Waals surface area contributed by atoms with Gasteiger partial charge in [-0.25, -0.2) is 9.78 Å². The molecule has 2 aliphatic heterocycles. The third kappa shape index (κ3) is 6.09. The number of ether oxygens (including phenoxy) is 1. The van der Waals surface area contributed by atoms with Crippen LogP contribution in [0.5, 0.6) is 0 Å². The van der Waals surface area contributed by atoms with Crippen LogP contribution in [0, 0.1) is 5.41 Å². The Morgan fingerprint density at radius 1 is 1.15 bits per heavy atom. The van der Waals surface area contributed by atoms with E-state index in [1.165, 1.54) is 0 Å². The van der Waals surface area contributed by atoms with Gasteiger partial charge in [0.2, 0.25) is 0 Å². The van der Waals surface area contributed by atoms with Crippen molar-refractivity contribution >= 4 is 6.03 Å². The Labute approximate surface area is 242 Å². The van der Waals surface area contributed by atoms with E-state index in [0.717, 1.165) is 43.2 Å². The van der Waals surface area contributed by atoms with Crippen LogP contribution >= 0.6 is 0 Å². The molecule has 41 heavy (non-hydrogen) atoms. The van der Waals surface area contributed by atoms with Crippen LogP contribution in [0.3, 0.4) is 0 Å². The van der Waals surface area contributed by atoms with Crippen LogP contribution in [-0.2, 0) is 11.3 Å². The van der Waals surface area contributed by atoms with Crippen LogP contribution in [0.25, 0.3) is 11.3 Å². The first-order valence-corrected chi connectivity index (χ1v) is 14.8. The van der Waals surface area contributed by atoms with Crippen molar-refractivity contribution in [2.24, 2.45) is 5.41 Å². The number of carbonyl (C=O) groups excluding carboxylic acids is 1. The Morgan fingerprint density at radius 3 is 2.66 bits per heavy atom. The third-order valence-electron chi connectivity index (χ3n) is 9.15. The van der Waals surface area contributed by atoms with Gasteiger partial charge in [-0.15, -0.1) is 0 Å². The summed E-state index contributed by atoms with van der Waals surface area (Å²) in [5.41, 5.74) is 0.552. The number of benzene rings is 1. The number of urea groups is 1. The van der Waals surface area contributed by atoms with Crippen LogP contribution in [0.4, 0.5) is 4.79 Å². The lowest BCUT2D eigenvalue weighted by Gasteiger charge is -2.56. The van der Waals surface area contributed by atoms with Crippen LogP contribution in [0.2, 0.25) is 0 Å². The van der Waals surface area contributed by atoms with Gasteiger partial charge in [0.15, 0.2) is 0 Å². The molecule has 0 radical (unpaired) electrons.